The third-order valence-electron chi connectivity index (χ3n) is 3.53. The largest absolute Gasteiger partial charge is 0.481 e. The molecule has 132 valence electrons. The van der Waals surface area contributed by atoms with E-state index in [1.54, 1.807) is 6.07 Å². The lowest BCUT2D eigenvalue weighted by Crippen LogP contribution is -2.29. The van der Waals surface area contributed by atoms with E-state index in [-0.39, 0.29) is 19.1 Å². The molecule has 0 heterocycles. The molecule has 25 heavy (non-hydrogen) atoms. The minimum Gasteiger partial charge on any atom is -0.481 e. The summed E-state index contributed by atoms with van der Waals surface area (Å²) in [6, 6.07) is 13.3. The van der Waals surface area contributed by atoms with Gasteiger partial charge in [0.2, 0.25) is 0 Å². The average Bonchev–Trinajstić information content (AvgIpc) is 2.58. The van der Waals surface area contributed by atoms with Gasteiger partial charge in [-0.15, -0.1) is 0 Å². The predicted molar refractivity (Wildman–Crippen MR) is 98.4 cm³/mol. The Morgan fingerprint density at radius 1 is 1.08 bits per heavy atom. The van der Waals surface area contributed by atoms with Crippen molar-refractivity contribution in [1.82, 2.24) is 5.32 Å². The van der Waals surface area contributed by atoms with Gasteiger partial charge in [0.25, 0.3) is 5.91 Å². The van der Waals surface area contributed by atoms with E-state index in [0.717, 1.165) is 21.2 Å². The molecule has 0 aliphatic carbocycles. The Bertz CT molecular complexity index is 761. The molecule has 0 atom stereocenters. The number of rotatable bonds is 7. The van der Waals surface area contributed by atoms with Crippen LogP contribution in [0, 0.1) is 13.8 Å². The zero-order valence-corrected chi connectivity index (χ0v) is 15.8. The van der Waals surface area contributed by atoms with Crippen LogP contribution in [-0.4, -0.2) is 25.1 Å². The second-order valence-electron chi connectivity index (χ2n) is 5.59. The van der Waals surface area contributed by atoms with Crippen molar-refractivity contribution in [2.45, 2.75) is 20.4 Å². The van der Waals surface area contributed by atoms with Gasteiger partial charge in [0, 0.05) is 6.54 Å². The molecule has 5 nitrogen and oxygen atoms in total. The van der Waals surface area contributed by atoms with E-state index >= 15 is 0 Å². The van der Waals surface area contributed by atoms with E-state index in [1.165, 1.54) is 0 Å². The van der Waals surface area contributed by atoms with Gasteiger partial charge in [-0.1, -0.05) is 30.3 Å². The first-order chi connectivity index (χ1) is 12.0. The molecule has 0 bridgehead atoms. The summed E-state index contributed by atoms with van der Waals surface area (Å²) in [7, 11) is 0. The number of aryl methyl sites for hydroxylation is 2. The lowest BCUT2D eigenvalue weighted by atomic mass is 10.1. The number of hydrogen-bond acceptors (Lipinski definition) is 4. The molecule has 2 aromatic rings. The summed E-state index contributed by atoms with van der Waals surface area (Å²) in [4.78, 5) is 23.4. The Labute approximate surface area is 155 Å². The predicted octanol–water partition coefficient (Wildman–Crippen LogP) is 3.30. The molecule has 0 aromatic heterocycles. The molecule has 0 saturated carbocycles. The van der Waals surface area contributed by atoms with Gasteiger partial charge in [-0.3, -0.25) is 4.79 Å². The van der Waals surface area contributed by atoms with Gasteiger partial charge in [-0.2, -0.15) is 0 Å². The third-order valence-corrected chi connectivity index (χ3v) is 4.15. The molecule has 0 aliphatic rings. The van der Waals surface area contributed by atoms with Crippen molar-refractivity contribution < 1.29 is 19.1 Å². The second-order valence-corrected chi connectivity index (χ2v) is 6.44. The van der Waals surface area contributed by atoms with E-state index in [4.69, 9.17) is 9.47 Å². The number of carbonyl (C=O) groups excluding carboxylic acids is 2. The van der Waals surface area contributed by atoms with Crippen LogP contribution < -0.4 is 10.1 Å². The lowest BCUT2D eigenvalue weighted by Gasteiger charge is -2.10. The van der Waals surface area contributed by atoms with Crippen LogP contribution in [0.4, 0.5) is 0 Å². The molecule has 0 radical (unpaired) electrons. The summed E-state index contributed by atoms with van der Waals surface area (Å²) in [5.41, 5.74) is 3.19. The van der Waals surface area contributed by atoms with Gasteiger partial charge in [-0.05, 0) is 58.6 Å². The highest BCUT2D eigenvalue weighted by atomic mass is 79.9. The van der Waals surface area contributed by atoms with Crippen molar-refractivity contribution in [1.29, 1.82) is 0 Å². The normalized spacial score (nSPS) is 10.2. The number of halogens is 1. The molecular weight excluding hydrogens is 386 g/mol. The minimum atomic E-state index is -0.599. The molecule has 2 aromatic carbocycles. The topological polar surface area (TPSA) is 64.6 Å². The first-order valence-corrected chi connectivity index (χ1v) is 8.61. The summed E-state index contributed by atoms with van der Waals surface area (Å²) in [6.45, 7) is 3.74. The van der Waals surface area contributed by atoms with Gasteiger partial charge in [0.15, 0.2) is 13.2 Å². The van der Waals surface area contributed by atoms with Crippen molar-refractivity contribution in [2.75, 3.05) is 13.2 Å². The summed E-state index contributed by atoms with van der Waals surface area (Å²) >= 11 is 3.37. The number of benzene rings is 2. The SMILES string of the molecule is Cc1ccc(OCC(=O)OCC(=O)NCc2ccccc2C)c(Br)c1. The van der Waals surface area contributed by atoms with E-state index in [2.05, 4.69) is 21.2 Å². The first-order valence-electron chi connectivity index (χ1n) is 7.81. The number of amides is 1. The van der Waals surface area contributed by atoms with E-state index in [0.29, 0.717) is 12.3 Å². The molecule has 2 rings (SSSR count). The highest BCUT2D eigenvalue weighted by molar-refractivity contribution is 9.10. The fourth-order valence-corrected chi connectivity index (χ4v) is 2.71. The molecule has 0 aliphatic heterocycles. The zero-order chi connectivity index (χ0) is 18.2. The maximum Gasteiger partial charge on any atom is 0.344 e. The van der Waals surface area contributed by atoms with Crippen molar-refractivity contribution >= 4 is 27.8 Å². The van der Waals surface area contributed by atoms with Crippen LogP contribution in [0.2, 0.25) is 0 Å². The maximum absolute atomic E-state index is 11.8. The molecule has 1 N–H and O–H groups in total. The van der Waals surface area contributed by atoms with Crippen LogP contribution in [0.5, 0.6) is 5.75 Å². The van der Waals surface area contributed by atoms with E-state index in [1.807, 2.05) is 50.2 Å². The van der Waals surface area contributed by atoms with Gasteiger partial charge in [0.1, 0.15) is 5.75 Å². The smallest absolute Gasteiger partial charge is 0.344 e. The number of carbonyl (C=O) groups is 2. The maximum atomic E-state index is 11.8. The Balaban J connectivity index is 1.70. The number of hydrogen-bond donors (Lipinski definition) is 1. The Kier molecular flexibility index (Phi) is 7.01. The van der Waals surface area contributed by atoms with Crippen LogP contribution in [0.3, 0.4) is 0 Å². The summed E-state index contributed by atoms with van der Waals surface area (Å²) in [6.07, 6.45) is 0. The molecule has 1 amide bonds. The quantitative estimate of drug-likeness (QED) is 0.717. The average molecular weight is 406 g/mol. The highest BCUT2D eigenvalue weighted by Crippen LogP contribution is 2.25. The standard InChI is InChI=1S/C19H20BrNO4/c1-13-7-8-17(16(20)9-13)24-12-19(23)25-11-18(22)21-10-15-6-4-3-5-14(15)2/h3-9H,10-12H2,1-2H3,(H,21,22). The van der Waals surface area contributed by atoms with Crippen LogP contribution in [0.1, 0.15) is 16.7 Å². The zero-order valence-electron chi connectivity index (χ0n) is 14.2. The summed E-state index contributed by atoms with van der Waals surface area (Å²) < 4.78 is 11.1. The van der Waals surface area contributed by atoms with Crippen LogP contribution in [0.15, 0.2) is 46.9 Å². The van der Waals surface area contributed by atoms with E-state index in [9.17, 15) is 9.59 Å². The van der Waals surface area contributed by atoms with Gasteiger partial charge < -0.3 is 14.8 Å². The van der Waals surface area contributed by atoms with Crippen LogP contribution >= 0.6 is 15.9 Å². The van der Waals surface area contributed by atoms with Gasteiger partial charge in [0.05, 0.1) is 4.47 Å². The molecular formula is C19H20BrNO4. The van der Waals surface area contributed by atoms with Gasteiger partial charge in [-0.25, -0.2) is 4.79 Å². The summed E-state index contributed by atoms with van der Waals surface area (Å²) in [5, 5.41) is 2.72. The van der Waals surface area contributed by atoms with E-state index < -0.39 is 5.97 Å². The Morgan fingerprint density at radius 2 is 1.84 bits per heavy atom. The first kappa shape index (κ1) is 19.0. The van der Waals surface area contributed by atoms with Crippen molar-refractivity contribution in [3.63, 3.8) is 0 Å². The number of nitrogens with one attached hydrogen (secondary N) is 1. The van der Waals surface area contributed by atoms with Crippen molar-refractivity contribution in [3.05, 3.63) is 63.6 Å². The Morgan fingerprint density at radius 3 is 2.56 bits per heavy atom. The Hall–Kier alpha value is -2.34. The number of ether oxygens (including phenoxy) is 2. The molecule has 0 unspecified atom stereocenters. The molecule has 0 saturated heterocycles. The van der Waals surface area contributed by atoms with Crippen LogP contribution in [0.25, 0.3) is 0 Å². The molecule has 0 spiro atoms. The molecule has 6 heteroatoms. The lowest BCUT2D eigenvalue weighted by molar-refractivity contribution is -0.150. The minimum absolute atomic E-state index is 0.257. The fraction of sp³-hybridized carbons (Fsp3) is 0.263. The third kappa shape index (κ3) is 6.23. The summed E-state index contributed by atoms with van der Waals surface area (Å²) in [5.74, 6) is -0.404. The molecule has 0 fully saturated rings. The second kappa shape index (κ2) is 9.22. The van der Waals surface area contributed by atoms with Crippen molar-refractivity contribution in [3.8, 4) is 5.75 Å². The van der Waals surface area contributed by atoms with Crippen LogP contribution in [-0.2, 0) is 20.9 Å². The van der Waals surface area contributed by atoms with Gasteiger partial charge >= 0.3 is 5.97 Å². The fourth-order valence-electron chi connectivity index (χ4n) is 2.10. The number of esters is 1. The monoisotopic (exact) mass is 405 g/mol. The van der Waals surface area contributed by atoms with Crippen molar-refractivity contribution in [2.24, 2.45) is 0 Å². The highest BCUT2D eigenvalue weighted by Gasteiger charge is 2.10.